The molecule has 0 atom stereocenters. The SMILES string of the molecule is [c]1ccc2c(c1)Cc1cccnc1O2. The van der Waals surface area contributed by atoms with Gasteiger partial charge < -0.3 is 4.74 Å². The number of hydrogen-bond acceptors (Lipinski definition) is 2. The maximum Gasteiger partial charge on any atom is 0.222 e. The van der Waals surface area contributed by atoms with Gasteiger partial charge in [-0.25, -0.2) is 4.98 Å². The Bertz CT molecular complexity index is 392. The second-order valence-electron chi connectivity index (χ2n) is 3.28. The highest BCUT2D eigenvalue weighted by Crippen LogP contribution is 2.33. The monoisotopic (exact) mass is 182 g/mol. The molecule has 1 aromatic heterocycles. The lowest BCUT2D eigenvalue weighted by atomic mass is 10.0. The predicted octanol–water partition coefficient (Wildman–Crippen LogP) is 2.58. The quantitative estimate of drug-likeness (QED) is 0.533. The first-order valence-corrected chi connectivity index (χ1v) is 4.54. The van der Waals surface area contributed by atoms with Crippen LogP contribution in [0.1, 0.15) is 11.1 Å². The Morgan fingerprint density at radius 3 is 3.29 bits per heavy atom. The van der Waals surface area contributed by atoms with E-state index in [2.05, 4.69) is 11.1 Å². The number of nitrogens with zero attached hydrogens (tertiary/aromatic N) is 1. The molecule has 14 heavy (non-hydrogen) atoms. The third kappa shape index (κ3) is 1.08. The summed E-state index contributed by atoms with van der Waals surface area (Å²) in [5.41, 5.74) is 2.31. The Labute approximate surface area is 82.2 Å². The van der Waals surface area contributed by atoms with Crippen molar-refractivity contribution in [2.45, 2.75) is 6.42 Å². The maximum absolute atomic E-state index is 5.65. The smallest absolute Gasteiger partial charge is 0.222 e. The topological polar surface area (TPSA) is 22.1 Å². The summed E-state index contributed by atoms with van der Waals surface area (Å²) in [7, 11) is 0. The highest BCUT2D eigenvalue weighted by atomic mass is 16.5. The molecule has 2 heterocycles. The van der Waals surface area contributed by atoms with Gasteiger partial charge in [-0.05, 0) is 24.3 Å². The van der Waals surface area contributed by atoms with Gasteiger partial charge in [0, 0.05) is 23.7 Å². The van der Waals surface area contributed by atoms with Crippen LogP contribution in [0.2, 0.25) is 0 Å². The van der Waals surface area contributed by atoms with Gasteiger partial charge in [0.25, 0.3) is 0 Å². The molecule has 0 N–H and O–H groups in total. The zero-order chi connectivity index (χ0) is 9.38. The van der Waals surface area contributed by atoms with E-state index in [9.17, 15) is 0 Å². The Hall–Kier alpha value is -1.83. The Morgan fingerprint density at radius 2 is 2.29 bits per heavy atom. The summed E-state index contributed by atoms with van der Waals surface area (Å²) in [6, 6.07) is 12.8. The van der Waals surface area contributed by atoms with Crippen LogP contribution >= 0.6 is 0 Å². The molecule has 1 aliphatic rings. The van der Waals surface area contributed by atoms with E-state index >= 15 is 0 Å². The van der Waals surface area contributed by atoms with Crippen molar-refractivity contribution in [2.75, 3.05) is 0 Å². The number of fused-ring (bicyclic) bond motifs is 2. The number of pyridine rings is 1. The Balaban J connectivity index is 2.12. The lowest BCUT2D eigenvalue weighted by molar-refractivity contribution is 0.440. The van der Waals surface area contributed by atoms with Crippen LogP contribution in [0.4, 0.5) is 0 Å². The second-order valence-corrected chi connectivity index (χ2v) is 3.28. The fourth-order valence-electron chi connectivity index (χ4n) is 1.65. The Kier molecular flexibility index (Phi) is 1.53. The van der Waals surface area contributed by atoms with E-state index in [1.165, 1.54) is 5.56 Å². The van der Waals surface area contributed by atoms with Crippen LogP contribution in [0.25, 0.3) is 0 Å². The van der Waals surface area contributed by atoms with Gasteiger partial charge in [-0.3, -0.25) is 0 Å². The number of aromatic nitrogens is 1. The van der Waals surface area contributed by atoms with E-state index in [1.807, 2.05) is 30.3 Å². The van der Waals surface area contributed by atoms with Crippen LogP contribution in [0, 0.1) is 6.07 Å². The molecule has 0 amide bonds. The molecule has 2 nitrogen and oxygen atoms in total. The molecule has 1 aliphatic heterocycles. The van der Waals surface area contributed by atoms with Gasteiger partial charge in [0.1, 0.15) is 5.75 Å². The summed E-state index contributed by atoms with van der Waals surface area (Å²) in [6.45, 7) is 0. The first-order valence-electron chi connectivity index (χ1n) is 4.54. The van der Waals surface area contributed by atoms with E-state index in [1.54, 1.807) is 6.20 Å². The summed E-state index contributed by atoms with van der Waals surface area (Å²) in [4.78, 5) is 4.19. The normalized spacial score (nSPS) is 12.6. The molecule has 0 unspecified atom stereocenters. The van der Waals surface area contributed by atoms with Crippen molar-refractivity contribution in [1.29, 1.82) is 0 Å². The first kappa shape index (κ1) is 7.56. The van der Waals surface area contributed by atoms with Crippen LogP contribution in [0.5, 0.6) is 11.6 Å². The van der Waals surface area contributed by atoms with Crippen molar-refractivity contribution >= 4 is 0 Å². The molecule has 1 aromatic carbocycles. The van der Waals surface area contributed by atoms with Crippen molar-refractivity contribution in [2.24, 2.45) is 0 Å². The highest BCUT2D eigenvalue weighted by Gasteiger charge is 2.16. The highest BCUT2D eigenvalue weighted by molar-refractivity contribution is 5.46. The van der Waals surface area contributed by atoms with E-state index in [0.29, 0.717) is 0 Å². The molecule has 2 heteroatoms. The van der Waals surface area contributed by atoms with Crippen LogP contribution in [0.3, 0.4) is 0 Å². The lowest BCUT2D eigenvalue weighted by Gasteiger charge is -2.18. The fourth-order valence-corrected chi connectivity index (χ4v) is 1.65. The molecule has 0 saturated carbocycles. The van der Waals surface area contributed by atoms with Gasteiger partial charge in [-0.15, -0.1) is 0 Å². The largest absolute Gasteiger partial charge is 0.438 e. The zero-order valence-electron chi connectivity index (χ0n) is 7.53. The van der Waals surface area contributed by atoms with Crippen molar-refractivity contribution in [3.05, 3.63) is 53.7 Å². The minimum absolute atomic E-state index is 0.728. The van der Waals surface area contributed by atoms with Gasteiger partial charge in [-0.2, -0.15) is 0 Å². The fraction of sp³-hybridized carbons (Fsp3) is 0.0833. The standard InChI is InChI=1S/C12H8NO/c1-2-6-11-9(4-1)8-10-5-3-7-13-12(10)14-11/h2-7H,8H2. The number of rotatable bonds is 0. The van der Waals surface area contributed by atoms with E-state index in [-0.39, 0.29) is 0 Å². The van der Waals surface area contributed by atoms with E-state index in [0.717, 1.165) is 23.6 Å². The zero-order valence-corrected chi connectivity index (χ0v) is 7.53. The lowest BCUT2D eigenvalue weighted by Crippen LogP contribution is -2.03. The molecule has 1 radical (unpaired) electrons. The molecule has 0 spiro atoms. The molecule has 2 aromatic rings. The van der Waals surface area contributed by atoms with E-state index in [4.69, 9.17) is 4.74 Å². The molecule has 67 valence electrons. The van der Waals surface area contributed by atoms with Crippen LogP contribution in [-0.4, -0.2) is 4.98 Å². The Morgan fingerprint density at radius 1 is 1.29 bits per heavy atom. The summed E-state index contributed by atoms with van der Waals surface area (Å²) in [5, 5.41) is 0. The molecule has 0 bridgehead atoms. The first-order chi connectivity index (χ1) is 6.93. The van der Waals surface area contributed by atoms with Crippen LogP contribution < -0.4 is 4.74 Å². The van der Waals surface area contributed by atoms with E-state index < -0.39 is 0 Å². The van der Waals surface area contributed by atoms with Gasteiger partial charge in [0.05, 0.1) is 0 Å². The second kappa shape index (κ2) is 2.84. The van der Waals surface area contributed by atoms with Crippen molar-refractivity contribution in [3.8, 4) is 11.6 Å². The summed E-state index contributed by atoms with van der Waals surface area (Å²) in [5.74, 6) is 1.63. The third-order valence-electron chi connectivity index (χ3n) is 2.34. The number of hydrogen-bond donors (Lipinski definition) is 0. The molecular weight excluding hydrogens is 174 g/mol. The number of benzene rings is 1. The van der Waals surface area contributed by atoms with Crippen LogP contribution in [-0.2, 0) is 6.42 Å². The van der Waals surface area contributed by atoms with Crippen molar-refractivity contribution < 1.29 is 4.74 Å². The molecule has 0 fully saturated rings. The number of ether oxygens (including phenoxy) is 1. The van der Waals surface area contributed by atoms with Gasteiger partial charge in [0.15, 0.2) is 0 Å². The third-order valence-corrected chi connectivity index (χ3v) is 2.34. The van der Waals surface area contributed by atoms with Gasteiger partial charge in [-0.1, -0.05) is 12.1 Å². The molecule has 3 rings (SSSR count). The van der Waals surface area contributed by atoms with Crippen LogP contribution in [0.15, 0.2) is 36.5 Å². The summed E-state index contributed by atoms with van der Waals surface area (Å²) >= 11 is 0. The minimum atomic E-state index is 0.728. The maximum atomic E-state index is 5.65. The van der Waals surface area contributed by atoms with Gasteiger partial charge >= 0.3 is 0 Å². The minimum Gasteiger partial charge on any atom is -0.438 e. The molecular formula is C12H8NO. The average Bonchev–Trinajstić information content (AvgIpc) is 2.26. The van der Waals surface area contributed by atoms with Crippen molar-refractivity contribution in [3.63, 3.8) is 0 Å². The summed E-state index contributed by atoms with van der Waals surface area (Å²) < 4.78 is 5.65. The van der Waals surface area contributed by atoms with Crippen molar-refractivity contribution in [1.82, 2.24) is 4.98 Å². The summed E-state index contributed by atoms with van der Waals surface area (Å²) in [6.07, 6.45) is 2.63. The van der Waals surface area contributed by atoms with Gasteiger partial charge in [0.2, 0.25) is 5.88 Å². The molecule has 0 saturated heterocycles. The predicted molar refractivity (Wildman–Crippen MR) is 52.4 cm³/mol. The average molecular weight is 182 g/mol. The molecule has 0 aliphatic carbocycles.